The Morgan fingerprint density at radius 2 is 2.21 bits per heavy atom. The second-order valence-electron chi connectivity index (χ2n) is 2.72. The molecule has 0 aliphatic heterocycles. The number of hydrogen-bond acceptors (Lipinski definition) is 4. The van der Waals surface area contributed by atoms with Gasteiger partial charge in [-0.3, -0.25) is 10.1 Å². The summed E-state index contributed by atoms with van der Waals surface area (Å²) in [5.74, 6) is -0.609. The molecule has 2 N–H and O–H groups in total. The summed E-state index contributed by atoms with van der Waals surface area (Å²) in [6.45, 7) is 0. The maximum Gasteiger partial charge on any atom is 0.290 e. The van der Waals surface area contributed by atoms with Gasteiger partial charge in [-0.2, -0.15) is 0 Å². The van der Waals surface area contributed by atoms with Crippen LogP contribution in [0.2, 0.25) is 0 Å². The minimum absolute atomic E-state index is 0.000000000000000222. The minimum atomic E-state index is -0.610. The van der Waals surface area contributed by atoms with Crippen LogP contribution in [0.25, 0.3) is 10.1 Å². The van der Waals surface area contributed by atoms with Gasteiger partial charge in [0.15, 0.2) is 0 Å². The molecule has 0 aliphatic rings. The van der Waals surface area contributed by atoms with Crippen molar-refractivity contribution in [2.24, 2.45) is 0 Å². The third kappa shape index (κ3) is 1.12. The average Bonchev–Trinajstić information content (AvgIpc) is 2.56. The van der Waals surface area contributed by atoms with Crippen LogP contribution in [0.1, 0.15) is 0 Å². The number of thiophene rings is 1. The standard InChI is InChI=1S/C8H5FN2O2S/c9-4-1-2-5(10)8-7(4)6(3-14-8)11(12)13/h1-3H,10H2. The van der Waals surface area contributed by atoms with Crippen molar-refractivity contribution in [2.45, 2.75) is 0 Å². The van der Waals surface area contributed by atoms with Crippen molar-refractivity contribution >= 4 is 32.8 Å². The molecule has 0 bridgehead atoms. The number of hydrogen-bond donors (Lipinski definition) is 1. The van der Waals surface area contributed by atoms with E-state index < -0.39 is 10.7 Å². The first-order valence-corrected chi connectivity index (χ1v) is 4.59. The first-order chi connectivity index (χ1) is 6.61. The molecular formula is C8H5FN2O2S. The van der Waals surface area contributed by atoms with Crippen molar-refractivity contribution in [2.75, 3.05) is 5.73 Å². The van der Waals surface area contributed by atoms with Crippen molar-refractivity contribution in [1.29, 1.82) is 0 Å². The summed E-state index contributed by atoms with van der Waals surface area (Å²) < 4.78 is 13.7. The molecule has 0 amide bonds. The van der Waals surface area contributed by atoms with Crippen molar-refractivity contribution < 1.29 is 9.31 Å². The highest BCUT2D eigenvalue weighted by molar-refractivity contribution is 7.18. The van der Waals surface area contributed by atoms with Gasteiger partial charge >= 0.3 is 0 Å². The third-order valence-corrected chi connectivity index (χ3v) is 2.90. The Labute approximate surface area is 81.9 Å². The number of nitrogens with two attached hydrogens (primary N) is 1. The largest absolute Gasteiger partial charge is 0.398 e. The Hall–Kier alpha value is -1.69. The summed E-state index contributed by atoms with van der Waals surface area (Å²) in [4.78, 5) is 9.93. The van der Waals surface area contributed by atoms with Crippen molar-refractivity contribution in [3.8, 4) is 0 Å². The highest BCUT2D eigenvalue weighted by Gasteiger charge is 2.19. The molecule has 1 heterocycles. The predicted molar refractivity (Wildman–Crippen MR) is 52.8 cm³/mol. The van der Waals surface area contributed by atoms with Crippen LogP contribution >= 0.6 is 11.3 Å². The van der Waals surface area contributed by atoms with E-state index in [1.807, 2.05) is 0 Å². The van der Waals surface area contributed by atoms with Gasteiger partial charge < -0.3 is 5.73 Å². The molecule has 4 nitrogen and oxygen atoms in total. The molecule has 0 unspecified atom stereocenters. The summed E-state index contributed by atoms with van der Waals surface area (Å²) in [5.41, 5.74) is 5.69. The maximum absolute atomic E-state index is 13.3. The molecule has 72 valence electrons. The molecule has 0 saturated heterocycles. The smallest absolute Gasteiger partial charge is 0.290 e. The fourth-order valence-electron chi connectivity index (χ4n) is 1.25. The molecular weight excluding hydrogens is 207 g/mol. The number of nitro groups is 1. The number of benzene rings is 1. The van der Waals surface area contributed by atoms with Crippen LogP contribution in [0.5, 0.6) is 0 Å². The van der Waals surface area contributed by atoms with E-state index in [0.717, 1.165) is 17.4 Å². The summed E-state index contributed by atoms with van der Waals surface area (Å²) in [7, 11) is 0. The van der Waals surface area contributed by atoms with Crippen molar-refractivity contribution in [3.05, 3.63) is 33.4 Å². The highest BCUT2D eigenvalue weighted by atomic mass is 32.1. The fourth-order valence-corrected chi connectivity index (χ4v) is 2.21. The van der Waals surface area contributed by atoms with Gasteiger partial charge in [-0.1, -0.05) is 0 Å². The van der Waals surface area contributed by atoms with Crippen LogP contribution in [-0.4, -0.2) is 4.92 Å². The molecule has 0 aliphatic carbocycles. The molecule has 0 fully saturated rings. The molecule has 2 aromatic rings. The Morgan fingerprint density at radius 1 is 1.50 bits per heavy atom. The van der Waals surface area contributed by atoms with Gasteiger partial charge in [0, 0.05) is 5.69 Å². The summed E-state index contributed by atoms with van der Waals surface area (Å²) in [6, 6.07) is 2.54. The molecule has 0 saturated carbocycles. The Kier molecular flexibility index (Phi) is 1.85. The summed E-state index contributed by atoms with van der Waals surface area (Å²) in [6.07, 6.45) is 0. The second-order valence-corrected chi connectivity index (χ2v) is 3.60. The quantitative estimate of drug-likeness (QED) is 0.448. The Bertz CT molecular complexity index is 523. The number of fused-ring (bicyclic) bond motifs is 1. The van der Waals surface area contributed by atoms with Crippen LogP contribution in [-0.2, 0) is 0 Å². The van der Waals surface area contributed by atoms with Crippen molar-refractivity contribution in [3.63, 3.8) is 0 Å². The monoisotopic (exact) mass is 212 g/mol. The van der Waals surface area contributed by atoms with Gasteiger partial charge in [-0.05, 0) is 12.1 Å². The van der Waals surface area contributed by atoms with Crippen LogP contribution in [0.4, 0.5) is 15.8 Å². The maximum atomic E-state index is 13.3. The lowest BCUT2D eigenvalue weighted by atomic mass is 10.2. The summed E-state index contributed by atoms with van der Waals surface area (Å²) >= 11 is 1.08. The molecule has 1 aromatic carbocycles. The molecule has 14 heavy (non-hydrogen) atoms. The number of nitrogen functional groups attached to an aromatic ring is 1. The zero-order chi connectivity index (χ0) is 10.3. The minimum Gasteiger partial charge on any atom is -0.398 e. The predicted octanol–water partition coefficient (Wildman–Crippen LogP) is 2.53. The molecule has 0 radical (unpaired) electrons. The highest BCUT2D eigenvalue weighted by Crippen LogP contribution is 2.37. The van der Waals surface area contributed by atoms with Crippen LogP contribution < -0.4 is 5.73 Å². The molecule has 0 spiro atoms. The van der Waals surface area contributed by atoms with E-state index in [4.69, 9.17) is 5.73 Å². The molecule has 1 aromatic heterocycles. The average molecular weight is 212 g/mol. The number of halogens is 1. The molecule has 6 heteroatoms. The van der Waals surface area contributed by atoms with Crippen LogP contribution in [0.15, 0.2) is 17.5 Å². The van der Waals surface area contributed by atoms with Crippen molar-refractivity contribution in [1.82, 2.24) is 0 Å². The lowest BCUT2D eigenvalue weighted by Crippen LogP contribution is -1.90. The number of nitrogens with zero attached hydrogens (tertiary/aromatic N) is 1. The van der Waals surface area contributed by atoms with Gasteiger partial charge in [0.05, 0.1) is 15.0 Å². The van der Waals surface area contributed by atoms with Gasteiger partial charge in [0.25, 0.3) is 5.69 Å². The molecule has 2 rings (SSSR count). The first-order valence-electron chi connectivity index (χ1n) is 3.71. The SMILES string of the molecule is Nc1ccc(F)c2c([N+](=O)[O-])csc12. The summed E-state index contributed by atoms with van der Waals surface area (Å²) in [5, 5.41) is 11.8. The lowest BCUT2D eigenvalue weighted by Gasteiger charge is -1.96. The first kappa shape index (κ1) is 8.89. The Morgan fingerprint density at radius 3 is 2.86 bits per heavy atom. The van der Waals surface area contributed by atoms with Gasteiger partial charge in [-0.25, -0.2) is 4.39 Å². The Balaban J connectivity index is 2.90. The van der Waals surface area contributed by atoms with Crippen LogP contribution in [0, 0.1) is 15.9 Å². The zero-order valence-corrected chi connectivity index (χ0v) is 7.68. The number of anilines is 1. The van der Waals surface area contributed by atoms with E-state index in [1.165, 1.54) is 11.4 Å². The zero-order valence-electron chi connectivity index (χ0n) is 6.86. The molecule has 0 atom stereocenters. The van der Waals surface area contributed by atoms with Crippen LogP contribution in [0.3, 0.4) is 0 Å². The van der Waals surface area contributed by atoms with Gasteiger partial charge in [-0.15, -0.1) is 11.3 Å². The second kappa shape index (κ2) is 2.91. The van der Waals surface area contributed by atoms with E-state index >= 15 is 0 Å². The fraction of sp³-hybridized carbons (Fsp3) is 0. The van der Waals surface area contributed by atoms with Gasteiger partial charge in [0.1, 0.15) is 11.2 Å². The topological polar surface area (TPSA) is 69.2 Å². The third-order valence-electron chi connectivity index (χ3n) is 1.88. The lowest BCUT2D eigenvalue weighted by molar-refractivity contribution is -0.382. The van der Waals surface area contributed by atoms with Gasteiger partial charge in [0.2, 0.25) is 0 Å². The van der Waals surface area contributed by atoms with E-state index in [9.17, 15) is 14.5 Å². The normalized spacial score (nSPS) is 10.6. The van der Waals surface area contributed by atoms with E-state index in [1.54, 1.807) is 0 Å². The van der Waals surface area contributed by atoms with E-state index in [2.05, 4.69) is 0 Å². The van der Waals surface area contributed by atoms with E-state index in [0.29, 0.717) is 10.4 Å². The van der Waals surface area contributed by atoms with E-state index in [-0.39, 0.29) is 11.1 Å². The number of rotatable bonds is 1.